The van der Waals surface area contributed by atoms with Crippen molar-refractivity contribution in [3.05, 3.63) is 28.2 Å². The van der Waals surface area contributed by atoms with Crippen molar-refractivity contribution in [2.45, 2.75) is 19.5 Å². The summed E-state index contributed by atoms with van der Waals surface area (Å²) in [6.07, 6.45) is 0. The lowest BCUT2D eigenvalue weighted by Crippen LogP contribution is -2.49. The molecule has 4 heteroatoms. The summed E-state index contributed by atoms with van der Waals surface area (Å²) in [5.74, 6) is 0.976. The number of likely N-dealkylation sites (N-methyl/N-ethyl adjacent to an activating group) is 1. The highest BCUT2D eigenvalue weighted by molar-refractivity contribution is 9.10. The van der Waals surface area contributed by atoms with Gasteiger partial charge in [-0.2, -0.15) is 0 Å². The molecule has 1 aromatic carbocycles. The van der Waals surface area contributed by atoms with Gasteiger partial charge >= 0.3 is 0 Å². The summed E-state index contributed by atoms with van der Waals surface area (Å²) in [7, 11) is 3.92. The fourth-order valence-electron chi connectivity index (χ4n) is 2.50. The molecular weight excluding hydrogens is 292 g/mol. The molecular formula is C14H21BrN2O. The maximum absolute atomic E-state index is 5.44. The Morgan fingerprint density at radius 3 is 2.83 bits per heavy atom. The molecule has 0 aliphatic carbocycles. The maximum atomic E-state index is 5.44. The zero-order valence-corrected chi connectivity index (χ0v) is 12.9. The summed E-state index contributed by atoms with van der Waals surface area (Å²) in [4.78, 5) is 4.91. The summed E-state index contributed by atoms with van der Waals surface area (Å²) < 4.78 is 6.55. The van der Waals surface area contributed by atoms with Crippen molar-refractivity contribution in [3.8, 4) is 5.75 Å². The summed E-state index contributed by atoms with van der Waals surface area (Å²) in [5, 5.41) is 0. The second kappa shape index (κ2) is 6.04. The number of piperazine rings is 1. The van der Waals surface area contributed by atoms with Gasteiger partial charge in [0.05, 0.1) is 7.11 Å². The van der Waals surface area contributed by atoms with Gasteiger partial charge in [-0.1, -0.05) is 15.9 Å². The van der Waals surface area contributed by atoms with E-state index < -0.39 is 0 Å². The van der Waals surface area contributed by atoms with E-state index in [0.717, 1.165) is 36.4 Å². The van der Waals surface area contributed by atoms with Crippen LogP contribution in [-0.2, 0) is 6.54 Å². The third-order valence-electron chi connectivity index (χ3n) is 3.58. The monoisotopic (exact) mass is 312 g/mol. The molecule has 1 unspecified atom stereocenters. The van der Waals surface area contributed by atoms with E-state index in [1.165, 1.54) is 5.56 Å². The van der Waals surface area contributed by atoms with Crippen LogP contribution < -0.4 is 4.74 Å². The number of halogens is 1. The average Bonchev–Trinajstić information content (AvgIpc) is 2.33. The maximum Gasteiger partial charge on any atom is 0.123 e. The smallest absolute Gasteiger partial charge is 0.123 e. The van der Waals surface area contributed by atoms with Crippen LogP contribution in [0.3, 0.4) is 0 Å². The Balaban J connectivity index is 2.11. The van der Waals surface area contributed by atoms with Gasteiger partial charge in [0.1, 0.15) is 5.75 Å². The first-order chi connectivity index (χ1) is 8.60. The standard InChI is InChI=1S/C14H21BrN2O/c1-11-9-16(2)6-7-17(11)10-12-8-13(15)4-5-14(12)18-3/h4-5,8,11H,6-7,9-10H2,1-3H3. The van der Waals surface area contributed by atoms with Gasteiger partial charge in [-0.05, 0) is 32.2 Å². The quantitative estimate of drug-likeness (QED) is 0.853. The summed E-state index contributed by atoms with van der Waals surface area (Å²) in [6.45, 7) is 6.64. The van der Waals surface area contributed by atoms with Crippen LogP contribution in [0.5, 0.6) is 5.75 Å². The van der Waals surface area contributed by atoms with Gasteiger partial charge in [0.25, 0.3) is 0 Å². The Bertz CT molecular complexity index is 411. The Morgan fingerprint density at radius 1 is 1.39 bits per heavy atom. The van der Waals surface area contributed by atoms with Gasteiger partial charge in [-0.3, -0.25) is 4.90 Å². The SMILES string of the molecule is COc1ccc(Br)cc1CN1CCN(C)CC1C. The van der Waals surface area contributed by atoms with Crippen LogP contribution in [0, 0.1) is 0 Å². The van der Waals surface area contributed by atoms with Gasteiger partial charge in [0.15, 0.2) is 0 Å². The molecule has 2 rings (SSSR count). The fraction of sp³-hybridized carbons (Fsp3) is 0.571. The molecule has 3 nitrogen and oxygen atoms in total. The van der Waals surface area contributed by atoms with E-state index in [-0.39, 0.29) is 0 Å². The fourth-order valence-corrected chi connectivity index (χ4v) is 2.91. The second-order valence-electron chi connectivity index (χ2n) is 5.04. The van der Waals surface area contributed by atoms with E-state index in [1.807, 2.05) is 12.1 Å². The molecule has 1 aromatic rings. The normalized spacial score (nSPS) is 22.1. The zero-order valence-electron chi connectivity index (χ0n) is 11.3. The van der Waals surface area contributed by atoms with Crippen LogP contribution in [0.1, 0.15) is 12.5 Å². The molecule has 0 radical (unpaired) electrons. The van der Waals surface area contributed by atoms with Crippen molar-refractivity contribution in [2.24, 2.45) is 0 Å². The number of ether oxygens (including phenoxy) is 1. The number of benzene rings is 1. The molecule has 0 saturated carbocycles. The van der Waals surface area contributed by atoms with E-state index in [2.05, 4.69) is 45.8 Å². The van der Waals surface area contributed by atoms with Crippen molar-refractivity contribution in [1.29, 1.82) is 0 Å². The van der Waals surface area contributed by atoms with E-state index >= 15 is 0 Å². The van der Waals surface area contributed by atoms with Gasteiger partial charge in [-0.15, -0.1) is 0 Å². The summed E-state index contributed by atoms with van der Waals surface area (Å²) >= 11 is 3.53. The van der Waals surface area contributed by atoms with Crippen LogP contribution in [0.4, 0.5) is 0 Å². The number of nitrogens with zero attached hydrogens (tertiary/aromatic N) is 2. The van der Waals surface area contributed by atoms with E-state index in [4.69, 9.17) is 4.74 Å². The lowest BCUT2D eigenvalue weighted by Gasteiger charge is -2.38. The van der Waals surface area contributed by atoms with E-state index in [0.29, 0.717) is 6.04 Å². The van der Waals surface area contributed by atoms with Crippen LogP contribution in [0.2, 0.25) is 0 Å². The molecule has 1 atom stereocenters. The van der Waals surface area contributed by atoms with Gasteiger partial charge in [0.2, 0.25) is 0 Å². The molecule has 1 fully saturated rings. The Morgan fingerprint density at radius 2 is 2.17 bits per heavy atom. The first-order valence-corrected chi connectivity index (χ1v) is 7.14. The Labute approximate surface area is 118 Å². The van der Waals surface area contributed by atoms with Crippen molar-refractivity contribution in [1.82, 2.24) is 9.80 Å². The van der Waals surface area contributed by atoms with Crippen molar-refractivity contribution in [3.63, 3.8) is 0 Å². The molecule has 0 amide bonds. The largest absolute Gasteiger partial charge is 0.496 e. The number of hydrogen-bond donors (Lipinski definition) is 0. The third kappa shape index (κ3) is 3.25. The van der Waals surface area contributed by atoms with E-state index in [9.17, 15) is 0 Å². The van der Waals surface area contributed by atoms with Crippen LogP contribution in [-0.4, -0.2) is 49.6 Å². The highest BCUT2D eigenvalue weighted by atomic mass is 79.9. The van der Waals surface area contributed by atoms with Gasteiger partial charge in [-0.25, -0.2) is 0 Å². The number of methoxy groups -OCH3 is 1. The minimum atomic E-state index is 0.590. The predicted molar refractivity (Wildman–Crippen MR) is 78.1 cm³/mol. The number of hydrogen-bond acceptors (Lipinski definition) is 3. The molecule has 0 aromatic heterocycles. The predicted octanol–water partition coefficient (Wildman–Crippen LogP) is 2.59. The van der Waals surface area contributed by atoms with Gasteiger partial charge in [0, 0.05) is 42.3 Å². The minimum absolute atomic E-state index is 0.590. The molecule has 18 heavy (non-hydrogen) atoms. The Kier molecular flexibility index (Phi) is 4.65. The first kappa shape index (κ1) is 13.8. The molecule has 1 aliphatic heterocycles. The van der Waals surface area contributed by atoms with Crippen molar-refractivity contribution >= 4 is 15.9 Å². The van der Waals surface area contributed by atoms with Crippen LogP contribution in [0.15, 0.2) is 22.7 Å². The Hall–Kier alpha value is -0.580. The summed E-state index contributed by atoms with van der Waals surface area (Å²) in [6, 6.07) is 6.80. The lowest BCUT2D eigenvalue weighted by molar-refractivity contribution is 0.0931. The zero-order chi connectivity index (χ0) is 13.1. The highest BCUT2D eigenvalue weighted by Crippen LogP contribution is 2.25. The molecule has 1 aliphatic rings. The van der Waals surface area contributed by atoms with Crippen molar-refractivity contribution < 1.29 is 4.74 Å². The molecule has 0 N–H and O–H groups in total. The third-order valence-corrected chi connectivity index (χ3v) is 4.08. The topological polar surface area (TPSA) is 15.7 Å². The molecule has 1 saturated heterocycles. The van der Waals surface area contributed by atoms with Crippen LogP contribution >= 0.6 is 15.9 Å². The van der Waals surface area contributed by atoms with Crippen molar-refractivity contribution in [2.75, 3.05) is 33.8 Å². The molecule has 1 heterocycles. The first-order valence-electron chi connectivity index (χ1n) is 6.35. The van der Waals surface area contributed by atoms with Crippen LogP contribution in [0.25, 0.3) is 0 Å². The highest BCUT2D eigenvalue weighted by Gasteiger charge is 2.22. The molecule has 0 bridgehead atoms. The van der Waals surface area contributed by atoms with Gasteiger partial charge < -0.3 is 9.64 Å². The lowest BCUT2D eigenvalue weighted by atomic mass is 10.1. The average molecular weight is 313 g/mol. The second-order valence-corrected chi connectivity index (χ2v) is 5.95. The van der Waals surface area contributed by atoms with E-state index in [1.54, 1.807) is 7.11 Å². The summed E-state index contributed by atoms with van der Waals surface area (Å²) in [5.41, 5.74) is 1.25. The number of rotatable bonds is 3. The minimum Gasteiger partial charge on any atom is -0.496 e. The molecule has 100 valence electrons. The molecule has 0 spiro atoms.